The number of carbonyl (C=O) groups is 1. The molecule has 0 spiro atoms. The number of nitrogens with zero attached hydrogens (tertiary/aromatic N) is 2. The molecule has 1 aromatic heterocycles. The van der Waals surface area contributed by atoms with E-state index in [2.05, 4.69) is 44.0 Å². The summed E-state index contributed by atoms with van der Waals surface area (Å²) in [5, 5.41) is 2.72. The summed E-state index contributed by atoms with van der Waals surface area (Å²) in [6, 6.07) is 6.45. The number of carbonyl (C=O) groups excluding carboxylic acids is 1. The first-order valence-electron chi connectivity index (χ1n) is 10.1. The minimum atomic E-state index is -0.230. The maximum atomic E-state index is 12.2. The third-order valence-corrected chi connectivity index (χ3v) is 6.00. The zero-order valence-corrected chi connectivity index (χ0v) is 17.8. The van der Waals surface area contributed by atoms with Gasteiger partial charge in [-0.05, 0) is 55.2 Å². The van der Waals surface area contributed by atoms with Gasteiger partial charge in [-0.25, -0.2) is 9.78 Å². The zero-order valence-electron chi connectivity index (χ0n) is 17.0. The van der Waals surface area contributed by atoms with Gasteiger partial charge in [-0.3, -0.25) is 0 Å². The Morgan fingerprint density at radius 1 is 1.32 bits per heavy atom. The van der Waals surface area contributed by atoms with Crippen LogP contribution < -0.4 is 4.74 Å². The highest BCUT2D eigenvalue weighted by Gasteiger charge is 2.24. The molecule has 0 unspecified atom stereocenters. The smallest absolute Gasteiger partial charge is 0.410 e. The SMILES string of the molecule is Cc1ccc(C(C)C)c(OCCC2CCN(C(=O)OCc3nccs3)CC2)c1. The van der Waals surface area contributed by atoms with Crippen LogP contribution in [-0.4, -0.2) is 35.7 Å². The van der Waals surface area contributed by atoms with Gasteiger partial charge in [-0.2, -0.15) is 0 Å². The summed E-state index contributed by atoms with van der Waals surface area (Å²) >= 11 is 1.50. The van der Waals surface area contributed by atoms with E-state index in [4.69, 9.17) is 9.47 Å². The Morgan fingerprint density at radius 2 is 2.11 bits per heavy atom. The first kappa shape index (κ1) is 20.6. The van der Waals surface area contributed by atoms with Crippen molar-refractivity contribution in [2.24, 2.45) is 5.92 Å². The van der Waals surface area contributed by atoms with Crippen molar-refractivity contribution in [3.05, 3.63) is 45.9 Å². The van der Waals surface area contributed by atoms with E-state index in [0.29, 0.717) is 11.8 Å². The molecule has 3 rings (SSSR count). The summed E-state index contributed by atoms with van der Waals surface area (Å²) in [6.45, 7) is 8.98. The van der Waals surface area contributed by atoms with E-state index in [1.54, 1.807) is 6.20 Å². The molecule has 1 fully saturated rings. The third-order valence-electron chi connectivity index (χ3n) is 5.25. The lowest BCUT2D eigenvalue weighted by Gasteiger charge is -2.31. The summed E-state index contributed by atoms with van der Waals surface area (Å²) in [7, 11) is 0. The van der Waals surface area contributed by atoms with Crippen LogP contribution in [0.5, 0.6) is 5.75 Å². The van der Waals surface area contributed by atoms with E-state index in [9.17, 15) is 4.79 Å². The summed E-state index contributed by atoms with van der Waals surface area (Å²) in [6.07, 6.45) is 4.52. The van der Waals surface area contributed by atoms with E-state index in [-0.39, 0.29) is 12.7 Å². The fourth-order valence-electron chi connectivity index (χ4n) is 3.52. The van der Waals surface area contributed by atoms with Crippen LogP contribution >= 0.6 is 11.3 Å². The highest BCUT2D eigenvalue weighted by Crippen LogP contribution is 2.28. The van der Waals surface area contributed by atoms with E-state index in [1.807, 2.05) is 10.3 Å². The number of piperidine rings is 1. The summed E-state index contributed by atoms with van der Waals surface area (Å²) in [5.74, 6) is 2.06. The minimum absolute atomic E-state index is 0.230. The van der Waals surface area contributed by atoms with Crippen LogP contribution in [0.2, 0.25) is 0 Å². The second kappa shape index (κ2) is 9.92. The molecule has 0 bridgehead atoms. The van der Waals surface area contributed by atoms with Crippen molar-refractivity contribution in [1.82, 2.24) is 9.88 Å². The molecular formula is C22H30N2O3S. The lowest BCUT2D eigenvalue weighted by Crippen LogP contribution is -2.39. The fourth-order valence-corrected chi connectivity index (χ4v) is 4.05. The van der Waals surface area contributed by atoms with Crippen LogP contribution in [0.4, 0.5) is 4.79 Å². The zero-order chi connectivity index (χ0) is 19.9. The molecule has 0 atom stereocenters. The minimum Gasteiger partial charge on any atom is -0.493 e. The van der Waals surface area contributed by atoms with Crippen LogP contribution in [0.1, 0.15) is 55.2 Å². The number of rotatable bonds is 7. The van der Waals surface area contributed by atoms with Gasteiger partial charge in [0.05, 0.1) is 6.61 Å². The number of ether oxygens (including phenoxy) is 2. The van der Waals surface area contributed by atoms with Gasteiger partial charge in [0.25, 0.3) is 0 Å². The van der Waals surface area contributed by atoms with Crippen LogP contribution in [0.25, 0.3) is 0 Å². The van der Waals surface area contributed by atoms with Gasteiger partial charge in [0.15, 0.2) is 0 Å². The first-order chi connectivity index (χ1) is 13.5. The number of likely N-dealkylation sites (tertiary alicyclic amines) is 1. The molecule has 152 valence electrons. The third kappa shape index (κ3) is 5.71. The van der Waals surface area contributed by atoms with E-state index < -0.39 is 0 Å². The summed E-state index contributed by atoms with van der Waals surface area (Å²) in [4.78, 5) is 18.1. The Morgan fingerprint density at radius 3 is 2.79 bits per heavy atom. The van der Waals surface area contributed by atoms with Crippen molar-refractivity contribution in [2.75, 3.05) is 19.7 Å². The van der Waals surface area contributed by atoms with Crippen molar-refractivity contribution in [3.63, 3.8) is 0 Å². The van der Waals surface area contributed by atoms with Crippen molar-refractivity contribution < 1.29 is 14.3 Å². The molecule has 1 aliphatic heterocycles. The Bertz CT molecular complexity index is 753. The van der Waals surface area contributed by atoms with E-state index in [1.165, 1.54) is 22.5 Å². The normalized spacial score (nSPS) is 15.1. The maximum Gasteiger partial charge on any atom is 0.410 e. The van der Waals surface area contributed by atoms with Gasteiger partial charge in [-0.15, -0.1) is 11.3 Å². The number of aryl methyl sites for hydroxylation is 1. The number of thiazole rings is 1. The Kier molecular flexibility index (Phi) is 7.31. The van der Waals surface area contributed by atoms with Crippen molar-refractivity contribution in [2.45, 2.75) is 52.6 Å². The molecule has 2 heterocycles. The summed E-state index contributed by atoms with van der Waals surface area (Å²) in [5.41, 5.74) is 2.49. The number of amides is 1. The number of hydrogen-bond donors (Lipinski definition) is 0. The van der Waals surface area contributed by atoms with Crippen LogP contribution in [0.15, 0.2) is 29.8 Å². The Balaban J connectivity index is 1.39. The van der Waals surface area contributed by atoms with Gasteiger partial charge in [0, 0.05) is 24.7 Å². The fraction of sp³-hybridized carbons (Fsp3) is 0.545. The Labute approximate surface area is 171 Å². The second-order valence-corrected chi connectivity index (χ2v) is 8.72. The predicted molar refractivity (Wildman–Crippen MR) is 112 cm³/mol. The van der Waals surface area contributed by atoms with Gasteiger partial charge in [0.2, 0.25) is 0 Å². The maximum absolute atomic E-state index is 12.2. The van der Waals surface area contributed by atoms with Gasteiger partial charge in [0.1, 0.15) is 17.4 Å². The molecule has 0 radical (unpaired) electrons. The monoisotopic (exact) mass is 402 g/mol. The van der Waals surface area contributed by atoms with Crippen LogP contribution in [0, 0.1) is 12.8 Å². The van der Waals surface area contributed by atoms with Crippen molar-refractivity contribution in [1.29, 1.82) is 0 Å². The molecule has 2 aromatic rings. The highest BCUT2D eigenvalue weighted by molar-refractivity contribution is 7.09. The lowest BCUT2D eigenvalue weighted by molar-refractivity contribution is 0.0799. The molecule has 0 N–H and O–H groups in total. The molecule has 1 aromatic carbocycles. The predicted octanol–water partition coefficient (Wildman–Crippen LogP) is 5.39. The Hall–Kier alpha value is -2.08. The van der Waals surface area contributed by atoms with E-state index in [0.717, 1.165) is 49.7 Å². The molecule has 6 heteroatoms. The van der Waals surface area contributed by atoms with Gasteiger partial charge in [-0.1, -0.05) is 26.0 Å². The van der Waals surface area contributed by atoms with Crippen molar-refractivity contribution in [3.8, 4) is 5.75 Å². The second-order valence-electron chi connectivity index (χ2n) is 7.74. The number of aromatic nitrogens is 1. The number of benzene rings is 1. The average molecular weight is 403 g/mol. The highest BCUT2D eigenvalue weighted by atomic mass is 32.1. The molecule has 1 saturated heterocycles. The van der Waals surface area contributed by atoms with E-state index >= 15 is 0 Å². The molecular weight excluding hydrogens is 372 g/mol. The van der Waals surface area contributed by atoms with Gasteiger partial charge >= 0.3 is 6.09 Å². The van der Waals surface area contributed by atoms with Crippen LogP contribution in [0.3, 0.4) is 0 Å². The van der Waals surface area contributed by atoms with Crippen molar-refractivity contribution >= 4 is 17.4 Å². The topological polar surface area (TPSA) is 51.7 Å². The van der Waals surface area contributed by atoms with Crippen LogP contribution in [-0.2, 0) is 11.3 Å². The van der Waals surface area contributed by atoms with Gasteiger partial charge < -0.3 is 14.4 Å². The standard InChI is InChI=1S/C22H30N2O3S/c1-16(2)19-5-4-17(3)14-20(19)26-12-8-18-6-10-24(11-7-18)22(25)27-15-21-23-9-13-28-21/h4-5,9,13-14,16,18H,6-8,10-12,15H2,1-3H3. The molecule has 0 saturated carbocycles. The molecule has 1 aliphatic rings. The first-order valence-corrected chi connectivity index (χ1v) is 10.9. The summed E-state index contributed by atoms with van der Waals surface area (Å²) < 4.78 is 11.5. The average Bonchev–Trinajstić information content (AvgIpc) is 3.20. The molecule has 28 heavy (non-hydrogen) atoms. The molecule has 1 amide bonds. The molecule has 5 nitrogen and oxygen atoms in total. The largest absolute Gasteiger partial charge is 0.493 e. The lowest BCUT2D eigenvalue weighted by atomic mass is 9.94. The molecule has 0 aliphatic carbocycles. The number of hydrogen-bond acceptors (Lipinski definition) is 5. The quantitative estimate of drug-likeness (QED) is 0.623.